The summed E-state index contributed by atoms with van der Waals surface area (Å²) >= 11 is 1.08. The largest absolute Gasteiger partial charge is 0.497 e. The summed E-state index contributed by atoms with van der Waals surface area (Å²) in [7, 11) is 3.01. The van der Waals surface area contributed by atoms with Crippen LogP contribution >= 0.6 is 11.3 Å². The van der Waals surface area contributed by atoms with E-state index in [9.17, 15) is 18.4 Å². The number of hydrogen-bond acceptors (Lipinski definition) is 7. The van der Waals surface area contributed by atoms with E-state index in [1.165, 1.54) is 30.9 Å². The Morgan fingerprint density at radius 1 is 1.02 bits per heavy atom. The van der Waals surface area contributed by atoms with Crippen LogP contribution in [0.15, 0.2) is 93.9 Å². The summed E-state index contributed by atoms with van der Waals surface area (Å²) in [5, 5.41) is 2.89. The number of rotatable bonds is 8. The molecule has 0 aliphatic carbocycles. The van der Waals surface area contributed by atoms with Crippen molar-refractivity contribution in [3.63, 3.8) is 0 Å². The molecule has 4 aromatic rings. The second-order valence-electron chi connectivity index (χ2n) is 8.93. The first-order chi connectivity index (χ1) is 19.8. The molecule has 210 valence electrons. The van der Waals surface area contributed by atoms with E-state index in [1.807, 2.05) is 6.07 Å². The minimum atomic E-state index is -3.03. The van der Waals surface area contributed by atoms with Crippen molar-refractivity contribution in [3.8, 4) is 17.2 Å². The van der Waals surface area contributed by atoms with Gasteiger partial charge in [0.15, 0.2) is 4.80 Å². The molecule has 41 heavy (non-hydrogen) atoms. The summed E-state index contributed by atoms with van der Waals surface area (Å²) < 4.78 is 43.3. The highest BCUT2D eigenvalue weighted by Gasteiger charge is 2.34. The molecule has 1 N–H and O–H groups in total. The summed E-state index contributed by atoms with van der Waals surface area (Å²) in [6.07, 6.45) is 1.48. The predicted molar refractivity (Wildman–Crippen MR) is 151 cm³/mol. The van der Waals surface area contributed by atoms with Gasteiger partial charge in [-0.3, -0.25) is 14.2 Å². The minimum absolute atomic E-state index is 0.0687. The van der Waals surface area contributed by atoms with E-state index in [-0.39, 0.29) is 15.9 Å². The number of alkyl halides is 2. The quantitative estimate of drug-likeness (QED) is 0.333. The number of fused-ring (bicyclic) bond motifs is 1. The summed E-state index contributed by atoms with van der Waals surface area (Å²) in [5.74, 6) is 0.426. The Morgan fingerprint density at radius 3 is 2.46 bits per heavy atom. The second kappa shape index (κ2) is 11.8. The van der Waals surface area contributed by atoms with Gasteiger partial charge < -0.3 is 19.5 Å². The van der Waals surface area contributed by atoms with E-state index in [0.717, 1.165) is 11.3 Å². The van der Waals surface area contributed by atoms with Gasteiger partial charge in [0.2, 0.25) is 0 Å². The molecule has 1 amide bonds. The molecule has 0 spiro atoms. The third-order valence-electron chi connectivity index (χ3n) is 6.45. The second-order valence-corrected chi connectivity index (χ2v) is 9.94. The van der Waals surface area contributed by atoms with E-state index in [0.29, 0.717) is 38.8 Å². The van der Waals surface area contributed by atoms with Crippen LogP contribution in [0.4, 0.5) is 14.5 Å². The van der Waals surface area contributed by atoms with Gasteiger partial charge in [0.05, 0.1) is 30.0 Å². The molecule has 1 aliphatic heterocycles. The molecule has 3 aromatic carbocycles. The van der Waals surface area contributed by atoms with E-state index in [2.05, 4.69) is 15.0 Å². The van der Waals surface area contributed by atoms with Crippen molar-refractivity contribution in [1.82, 2.24) is 4.57 Å². The molecule has 1 aromatic heterocycles. The minimum Gasteiger partial charge on any atom is -0.497 e. The van der Waals surface area contributed by atoms with E-state index >= 15 is 0 Å². The van der Waals surface area contributed by atoms with E-state index < -0.39 is 24.1 Å². The van der Waals surface area contributed by atoms with Gasteiger partial charge in [0.1, 0.15) is 23.3 Å². The molecule has 0 saturated heterocycles. The highest BCUT2D eigenvalue weighted by atomic mass is 32.1. The Hall–Kier alpha value is -4.77. The molecule has 8 nitrogen and oxygen atoms in total. The van der Waals surface area contributed by atoms with Gasteiger partial charge >= 0.3 is 6.61 Å². The summed E-state index contributed by atoms with van der Waals surface area (Å²) in [6, 6.07) is 19.3. The molecule has 2 heterocycles. The lowest BCUT2D eigenvalue weighted by molar-refractivity contribution is -0.113. The number of nitrogens with one attached hydrogen (secondary N) is 1. The fourth-order valence-electron chi connectivity index (χ4n) is 4.61. The van der Waals surface area contributed by atoms with Crippen LogP contribution < -0.4 is 34.4 Å². The number of hydrogen-bond donors (Lipinski definition) is 1. The van der Waals surface area contributed by atoms with Crippen LogP contribution in [0.25, 0.3) is 6.08 Å². The Kier molecular flexibility index (Phi) is 7.97. The van der Waals surface area contributed by atoms with Gasteiger partial charge in [-0.05, 0) is 43.3 Å². The molecule has 0 bridgehead atoms. The zero-order valence-electron chi connectivity index (χ0n) is 22.3. The number of aromatic nitrogens is 1. The van der Waals surface area contributed by atoms with Crippen LogP contribution in [-0.4, -0.2) is 31.3 Å². The number of benzene rings is 3. The normalized spacial score (nSPS) is 14.9. The topological polar surface area (TPSA) is 91.2 Å². The molecule has 0 fully saturated rings. The number of ether oxygens (including phenoxy) is 3. The Labute approximate surface area is 237 Å². The number of para-hydroxylation sites is 2. The molecule has 0 saturated carbocycles. The van der Waals surface area contributed by atoms with Crippen molar-refractivity contribution in [2.75, 3.05) is 19.5 Å². The van der Waals surface area contributed by atoms with Crippen molar-refractivity contribution >= 4 is 29.0 Å². The van der Waals surface area contributed by atoms with Gasteiger partial charge in [-0.1, -0.05) is 47.7 Å². The number of amides is 1. The van der Waals surface area contributed by atoms with E-state index in [4.69, 9.17) is 9.47 Å². The van der Waals surface area contributed by atoms with Crippen LogP contribution in [0, 0.1) is 0 Å². The Morgan fingerprint density at radius 2 is 1.76 bits per heavy atom. The Bertz CT molecular complexity index is 1820. The average molecular weight is 578 g/mol. The maximum atomic E-state index is 14.0. The summed E-state index contributed by atoms with van der Waals surface area (Å²) in [6.45, 7) is -1.33. The number of carbonyl (C=O) groups excluding carboxylic acids is 1. The zero-order valence-corrected chi connectivity index (χ0v) is 23.1. The summed E-state index contributed by atoms with van der Waals surface area (Å²) in [4.78, 5) is 32.7. The SMILES string of the molecule is COc1ccc([C@@H]2C(C(=O)Nc3ccccc3)=C(C)N=c3s/c(=C/c4ccccc4OC(F)F)c(=O)n32)c(OC)c1. The molecule has 11 heteroatoms. The highest BCUT2D eigenvalue weighted by molar-refractivity contribution is 7.07. The Balaban J connectivity index is 1.71. The molecule has 1 atom stereocenters. The number of halogens is 2. The molecule has 0 unspecified atom stereocenters. The smallest absolute Gasteiger partial charge is 0.387 e. The van der Waals surface area contributed by atoms with E-state index in [1.54, 1.807) is 67.6 Å². The number of allylic oxidation sites excluding steroid dienone is 1. The lowest BCUT2D eigenvalue weighted by Crippen LogP contribution is -2.40. The van der Waals surface area contributed by atoms with Gasteiger partial charge in [0, 0.05) is 22.9 Å². The first kappa shape index (κ1) is 27.8. The molecule has 1 aliphatic rings. The molecular formula is C30H25F2N3O5S. The van der Waals surface area contributed by atoms with Crippen LogP contribution in [0.5, 0.6) is 17.2 Å². The standard InChI is InChI=1S/C30H25F2N3O5S/c1-17-25(27(36)34-19-10-5-4-6-11-19)26(21-14-13-20(38-2)16-23(21)39-3)35-28(37)24(41-30(35)33-17)15-18-9-7-8-12-22(18)40-29(31)32/h4-16,26,29H,1-3H3,(H,34,36)/b24-15+/t26-/m1/s1. The van der Waals surface area contributed by atoms with Crippen molar-refractivity contribution < 1.29 is 27.8 Å². The maximum Gasteiger partial charge on any atom is 0.387 e. The van der Waals surface area contributed by atoms with Gasteiger partial charge in [-0.2, -0.15) is 8.78 Å². The number of anilines is 1. The average Bonchev–Trinajstić information content (AvgIpc) is 3.27. The van der Waals surface area contributed by atoms with Crippen molar-refractivity contribution in [2.45, 2.75) is 19.6 Å². The third-order valence-corrected chi connectivity index (χ3v) is 7.44. The lowest BCUT2D eigenvalue weighted by Gasteiger charge is -2.26. The van der Waals surface area contributed by atoms with Gasteiger partial charge in [-0.25, -0.2) is 4.99 Å². The van der Waals surface area contributed by atoms with Crippen LogP contribution in [-0.2, 0) is 4.79 Å². The molecule has 5 rings (SSSR count). The number of carbonyl (C=O) groups is 1. The number of thiazole rings is 1. The van der Waals surface area contributed by atoms with Crippen molar-refractivity contribution in [2.24, 2.45) is 4.99 Å². The fourth-order valence-corrected chi connectivity index (χ4v) is 5.65. The van der Waals surface area contributed by atoms with Crippen LogP contribution in [0.2, 0.25) is 0 Å². The van der Waals surface area contributed by atoms with Crippen LogP contribution in [0.3, 0.4) is 0 Å². The van der Waals surface area contributed by atoms with Crippen molar-refractivity contribution in [3.05, 3.63) is 115 Å². The fraction of sp³-hybridized carbons (Fsp3) is 0.167. The number of methoxy groups -OCH3 is 2. The van der Waals surface area contributed by atoms with Gasteiger partial charge in [0.25, 0.3) is 11.5 Å². The maximum absolute atomic E-state index is 14.0. The lowest BCUT2D eigenvalue weighted by atomic mass is 9.94. The highest BCUT2D eigenvalue weighted by Crippen LogP contribution is 2.37. The van der Waals surface area contributed by atoms with Crippen LogP contribution in [0.1, 0.15) is 24.1 Å². The number of nitrogens with zero attached hydrogens (tertiary/aromatic N) is 2. The zero-order chi connectivity index (χ0) is 29.1. The molecular weight excluding hydrogens is 552 g/mol. The predicted octanol–water partition coefficient (Wildman–Crippen LogP) is 4.49. The first-order valence-corrected chi connectivity index (χ1v) is 13.3. The molecule has 0 radical (unpaired) electrons. The first-order valence-electron chi connectivity index (χ1n) is 12.5. The summed E-state index contributed by atoms with van der Waals surface area (Å²) in [5.41, 5.74) is 1.62. The van der Waals surface area contributed by atoms with Gasteiger partial charge in [-0.15, -0.1) is 0 Å². The monoisotopic (exact) mass is 577 g/mol. The van der Waals surface area contributed by atoms with Crippen molar-refractivity contribution in [1.29, 1.82) is 0 Å². The third kappa shape index (κ3) is 5.62.